The van der Waals surface area contributed by atoms with Crippen molar-refractivity contribution < 1.29 is 4.79 Å². The molecule has 1 heterocycles. The van der Waals surface area contributed by atoms with E-state index in [1.807, 2.05) is 12.3 Å². The van der Waals surface area contributed by atoms with Gasteiger partial charge in [-0.3, -0.25) is 9.10 Å². The summed E-state index contributed by atoms with van der Waals surface area (Å²) in [4.78, 5) is 10.0. The van der Waals surface area contributed by atoms with Crippen LogP contribution in [0.5, 0.6) is 0 Å². The van der Waals surface area contributed by atoms with Crippen LogP contribution in [0.1, 0.15) is 6.92 Å². The molecule has 0 saturated carbocycles. The lowest BCUT2D eigenvalue weighted by Crippen LogP contribution is -2.09. The zero-order chi connectivity index (χ0) is 5.98. The minimum absolute atomic E-state index is 0.786. The van der Waals surface area contributed by atoms with E-state index in [9.17, 15) is 4.79 Å². The highest BCUT2D eigenvalue weighted by atomic mass is 32.2. The van der Waals surface area contributed by atoms with Gasteiger partial charge in [-0.1, -0.05) is 0 Å². The van der Waals surface area contributed by atoms with Crippen molar-refractivity contribution in [2.45, 2.75) is 6.92 Å². The molecule has 1 aliphatic heterocycles. The Hall–Kier alpha value is -0.440. The van der Waals surface area contributed by atoms with Crippen molar-refractivity contribution in [1.82, 2.24) is 4.31 Å². The van der Waals surface area contributed by atoms with Gasteiger partial charge in [0.2, 0.25) is 6.41 Å². The minimum Gasteiger partial charge on any atom is -0.281 e. The Labute approximate surface area is 52.7 Å². The van der Waals surface area contributed by atoms with Crippen molar-refractivity contribution in [2.75, 3.05) is 6.54 Å². The number of rotatable bonds is 1. The monoisotopic (exact) mass is 129 g/mol. The molecule has 0 aliphatic carbocycles. The van der Waals surface area contributed by atoms with Gasteiger partial charge in [0.05, 0.1) is 6.54 Å². The van der Waals surface area contributed by atoms with E-state index >= 15 is 0 Å². The molecule has 1 rings (SSSR count). The van der Waals surface area contributed by atoms with Crippen molar-refractivity contribution in [3.63, 3.8) is 0 Å². The van der Waals surface area contributed by atoms with Crippen LogP contribution in [0.15, 0.2) is 11.0 Å². The average Bonchev–Trinajstić information content (AvgIpc) is 2.14. The molecule has 3 heteroatoms. The van der Waals surface area contributed by atoms with Crippen LogP contribution in [-0.4, -0.2) is 17.3 Å². The molecule has 0 spiro atoms. The summed E-state index contributed by atoms with van der Waals surface area (Å²) in [5.41, 5.74) is 1.25. The minimum atomic E-state index is 0.786. The van der Waals surface area contributed by atoms with Gasteiger partial charge in [-0.2, -0.15) is 0 Å². The Morgan fingerprint density at radius 3 is 3.00 bits per heavy atom. The highest BCUT2D eigenvalue weighted by Gasteiger charge is 2.07. The molecule has 0 saturated heterocycles. The first-order valence-electron chi connectivity index (χ1n) is 2.37. The van der Waals surface area contributed by atoms with Gasteiger partial charge in [-0.05, 0) is 29.9 Å². The molecule has 0 bridgehead atoms. The van der Waals surface area contributed by atoms with Crippen LogP contribution in [0.4, 0.5) is 0 Å². The molecule has 0 radical (unpaired) electrons. The van der Waals surface area contributed by atoms with Gasteiger partial charge in [-0.15, -0.1) is 0 Å². The van der Waals surface area contributed by atoms with E-state index in [1.54, 1.807) is 4.31 Å². The van der Waals surface area contributed by atoms with E-state index in [2.05, 4.69) is 0 Å². The molecular formula is C5H7NOS. The van der Waals surface area contributed by atoms with E-state index in [0.29, 0.717) is 0 Å². The second-order valence-electron chi connectivity index (χ2n) is 1.75. The molecule has 1 amide bonds. The zero-order valence-electron chi connectivity index (χ0n) is 4.63. The summed E-state index contributed by atoms with van der Waals surface area (Å²) >= 11 is 1.45. The highest BCUT2D eigenvalue weighted by molar-refractivity contribution is 8.00. The number of hydrogen-bond donors (Lipinski definition) is 0. The van der Waals surface area contributed by atoms with Gasteiger partial charge < -0.3 is 0 Å². The van der Waals surface area contributed by atoms with Crippen molar-refractivity contribution in [3.8, 4) is 0 Å². The molecule has 44 valence electrons. The third-order valence-electron chi connectivity index (χ3n) is 0.912. The molecule has 0 aromatic heterocycles. The molecule has 0 aromatic carbocycles. The summed E-state index contributed by atoms with van der Waals surface area (Å²) in [5, 5.41) is 1.98. The van der Waals surface area contributed by atoms with Crippen LogP contribution < -0.4 is 0 Å². The van der Waals surface area contributed by atoms with Crippen LogP contribution in [0.2, 0.25) is 0 Å². The second-order valence-corrected chi connectivity index (χ2v) is 2.67. The fourth-order valence-electron chi connectivity index (χ4n) is 0.540. The predicted molar refractivity (Wildman–Crippen MR) is 34.1 cm³/mol. The first kappa shape index (κ1) is 5.69. The van der Waals surface area contributed by atoms with Crippen molar-refractivity contribution >= 4 is 18.4 Å². The van der Waals surface area contributed by atoms with Crippen LogP contribution >= 0.6 is 11.9 Å². The van der Waals surface area contributed by atoms with Gasteiger partial charge in [0.15, 0.2) is 0 Å². The molecule has 1 aliphatic rings. The summed E-state index contributed by atoms with van der Waals surface area (Å²) < 4.78 is 1.65. The van der Waals surface area contributed by atoms with Crippen LogP contribution in [-0.2, 0) is 4.79 Å². The zero-order valence-corrected chi connectivity index (χ0v) is 5.44. The summed E-state index contributed by atoms with van der Waals surface area (Å²) in [6, 6.07) is 0. The van der Waals surface area contributed by atoms with E-state index < -0.39 is 0 Å². The van der Waals surface area contributed by atoms with Gasteiger partial charge >= 0.3 is 0 Å². The third kappa shape index (κ3) is 1.04. The molecule has 0 N–H and O–H groups in total. The molecule has 0 unspecified atom stereocenters. The molecule has 0 fully saturated rings. The number of amides is 1. The van der Waals surface area contributed by atoms with Gasteiger partial charge in [0.1, 0.15) is 0 Å². The van der Waals surface area contributed by atoms with Crippen molar-refractivity contribution in [2.24, 2.45) is 0 Å². The Bertz CT molecular complexity index is 132. The maximum atomic E-state index is 10.0. The largest absolute Gasteiger partial charge is 0.281 e. The predicted octanol–water partition coefficient (Wildman–Crippen LogP) is 1.01. The maximum Gasteiger partial charge on any atom is 0.220 e. The second kappa shape index (κ2) is 2.22. The summed E-state index contributed by atoms with van der Waals surface area (Å²) in [7, 11) is 0. The lowest BCUT2D eigenvalue weighted by molar-refractivity contribution is -0.113. The molecular weight excluding hydrogens is 122 g/mol. The molecule has 0 aromatic rings. The Balaban J connectivity index is 2.43. The average molecular weight is 129 g/mol. The Morgan fingerprint density at radius 1 is 2.00 bits per heavy atom. The topological polar surface area (TPSA) is 20.3 Å². The fourth-order valence-corrected chi connectivity index (χ4v) is 1.26. The van der Waals surface area contributed by atoms with Gasteiger partial charge in [0.25, 0.3) is 0 Å². The van der Waals surface area contributed by atoms with Crippen molar-refractivity contribution in [3.05, 3.63) is 11.0 Å². The fraction of sp³-hybridized carbons (Fsp3) is 0.400. The van der Waals surface area contributed by atoms with Gasteiger partial charge in [-0.25, -0.2) is 0 Å². The summed E-state index contributed by atoms with van der Waals surface area (Å²) in [6.45, 7) is 2.80. The third-order valence-corrected chi connectivity index (χ3v) is 1.91. The van der Waals surface area contributed by atoms with Crippen LogP contribution in [0.25, 0.3) is 0 Å². The Morgan fingerprint density at radius 2 is 2.75 bits per heavy atom. The Kier molecular flexibility index (Phi) is 1.58. The molecule has 8 heavy (non-hydrogen) atoms. The quantitative estimate of drug-likeness (QED) is 0.389. The van der Waals surface area contributed by atoms with Crippen molar-refractivity contribution in [1.29, 1.82) is 0 Å². The summed E-state index contributed by atoms with van der Waals surface area (Å²) in [5.74, 6) is 0. The molecule has 0 atom stereocenters. The number of carbonyl (C=O) groups is 1. The van der Waals surface area contributed by atoms with Gasteiger partial charge in [0, 0.05) is 0 Å². The highest BCUT2D eigenvalue weighted by Crippen LogP contribution is 2.20. The number of carbonyl (C=O) groups excluding carboxylic acids is 1. The number of nitrogens with zero attached hydrogens (tertiary/aromatic N) is 1. The standard InChI is InChI=1S/C5H7NOS/c1-5-2-6(4-7)8-3-5/h3-4H,2H2,1H3. The lowest BCUT2D eigenvalue weighted by Gasteiger charge is -2.03. The first-order valence-corrected chi connectivity index (χ1v) is 3.21. The maximum absolute atomic E-state index is 10.0. The normalized spacial score (nSPS) is 18.6. The van der Waals surface area contributed by atoms with E-state index in [0.717, 1.165) is 13.0 Å². The van der Waals surface area contributed by atoms with E-state index in [4.69, 9.17) is 0 Å². The number of hydrogen-bond acceptors (Lipinski definition) is 2. The van der Waals surface area contributed by atoms with Crippen LogP contribution in [0, 0.1) is 0 Å². The summed E-state index contributed by atoms with van der Waals surface area (Å²) in [6.07, 6.45) is 0.845. The van der Waals surface area contributed by atoms with E-state index in [1.165, 1.54) is 17.5 Å². The smallest absolute Gasteiger partial charge is 0.220 e. The first-order chi connectivity index (χ1) is 3.83. The van der Waals surface area contributed by atoms with E-state index in [-0.39, 0.29) is 0 Å². The SMILES string of the molecule is CC1=CSN(C=O)C1. The molecule has 2 nitrogen and oxygen atoms in total. The lowest BCUT2D eigenvalue weighted by atomic mass is 10.4. The van der Waals surface area contributed by atoms with Crippen LogP contribution in [0.3, 0.4) is 0 Å².